The fourth-order valence-electron chi connectivity index (χ4n) is 20.7. The van der Waals surface area contributed by atoms with Crippen molar-refractivity contribution in [2.75, 3.05) is 19.6 Å². The van der Waals surface area contributed by atoms with Gasteiger partial charge in [0.05, 0.1) is 21.5 Å². The van der Waals surface area contributed by atoms with Gasteiger partial charge in [-0.15, -0.1) is 11.3 Å². The molecule has 17 rings (SSSR count). The van der Waals surface area contributed by atoms with Gasteiger partial charge in [-0.25, -0.2) is 0 Å². The Morgan fingerprint density at radius 1 is 0.351 bits per heavy atom. The summed E-state index contributed by atoms with van der Waals surface area (Å²) in [5, 5.41) is 2.66. The van der Waals surface area contributed by atoms with Crippen molar-refractivity contribution in [2.45, 2.75) is 256 Å². The number of rotatable bonds is 4. The van der Waals surface area contributed by atoms with E-state index in [9.17, 15) is 0 Å². The number of hydrogen-bond acceptors (Lipinski definition) is 5. The second-order valence-electron chi connectivity index (χ2n) is 36.5. The molecule has 8 aliphatic rings. The SMILES string of the molecule is CC(C)(C)c1ccc2c(c1)C1(C)CCCCC1(C)N2c1ccc2c(c1)N(c1cccc3c1sc1ccccc13)c1cc(N3c4ccc(C(C)(C)C)cc4C4(C)CCCCC34C)cc3c1B2c1cc2c(cc1N3c1ccc3c(c1)C(C)(C)CCC3(C)C)C(C)(C)CCC2(C)C. The predicted octanol–water partition coefficient (Wildman–Crippen LogP) is 22.9. The molecule has 4 aliphatic carbocycles. The number of benzene rings is 8. The first-order valence-corrected chi connectivity index (χ1v) is 37.2. The van der Waals surface area contributed by atoms with Crippen LogP contribution in [0.15, 0.2) is 140 Å². The van der Waals surface area contributed by atoms with Crippen molar-refractivity contribution < 1.29 is 0 Å². The zero-order valence-electron chi connectivity index (χ0n) is 60.0. The molecule has 0 bridgehead atoms. The molecule has 0 amide bonds. The lowest BCUT2D eigenvalue weighted by atomic mass is 9.33. The van der Waals surface area contributed by atoms with E-state index >= 15 is 0 Å². The van der Waals surface area contributed by atoms with Crippen LogP contribution in [0.1, 0.15) is 246 Å². The molecule has 4 atom stereocenters. The van der Waals surface area contributed by atoms with E-state index in [1.807, 2.05) is 11.3 Å². The van der Waals surface area contributed by atoms with E-state index in [-0.39, 0.29) is 61.1 Å². The van der Waals surface area contributed by atoms with Crippen LogP contribution in [0.3, 0.4) is 0 Å². The van der Waals surface area contributed by atoms with E-state index in [1.54, 1.807) is 0 Å². The van der Waals surface area contributed by atoms with Gasteiger partial charge in [-0.1, -0.05) is 209 Å². The van der Waals surface area contributed by atoms with Gasteiger partial charge in [-0.2, -0.15) is 0 Å². The first-order valence-electron chi connectivity index (χ1n) is 36.4. The van der Waals surface area contributed by atoms with Crippen LogP contribution in [0.5, 0.6) is 0 Å². The lowest BCUT2D eigenvalue weighted by Gasteiger charge is -2.52. The molecule has 5 heterocycles. The second-order valence-corrected chi connectivity index (χ2v) is 37.5. The Bertz CT molecular complexity index is 4730. The highest BCUT2D eigenvalue weighted by Gasteiger charge is 2.60. The van der Waals surface area contributed by atoms with Crippen LogP contribution in [0.25, 0.3) is 20.2 Å². The third kappa shape index (κ3) is 8.16. The van der Waals surface area contributed by atoms with Crippen molar-refractivity contribution in [3.63, 3.8) is 0 Å². The summed E-state index contributed by atoms with van der Waals surface area (Å²) in [5.74, 6) is 0. The van der Waals surface area contributed by atoms with E-state index in [2.05, 4.69) is 284 Å². The number of thiophene rings is 1. The monoisotopic (exact) mass is 1260 g/mol. The van der Waals surface area contributed by atoms with Crippen LogP contribution in [0.2, 0.25) is 0 Å². The molecule has 2 fully saturated rings. The summed E-state index contributed by atoms with van der Waals surface area (Å²) >= 11 is 1.97. The molecule has 0 radical (unpaired) electrons. The van der Waals surface area contributed by atoms with E-state index in [0.29, 0.717) is 0 Å². The summed E-state index contributed by atoms with van der Waals surface area (Å²) in [6.45, 7) is 45.0. The first-order chi connectivity index (χ1) is 44.3. The van der Waals surface area contributed by atoms with Crippen molar-refractivity contribution in [2.24, 2.45) is 0 Å². The fourth-order valence-corrected chi connectivity index (χ4v) is 21.9. The molecule has 4 unspecified atom stereocenters. The number of nitrogens with zero attached hydrogens (tertiary/aromatic N) is 4. The molecule has 4 nitrogen and oxygen atoms in total. The smallest absolute Gasteiger partial charge is 0.252 e. The van der Waals surface area contributed by atoms with Crippen molar-refractivity contribution in [1.29, 1.82) is 0 Å². The van der Waals surface area contributed by atoms with Crippen LogP contribution in [0, 0.1) is 0 Å². The van der Waals surface area contributed by atoms with Gasteiger partial charge in [-0.3, -0.25) is 0 Å². The second kappa shape index (κ2) is 19.5. The van der Waals surface area contributed by atoms with Crippen LogP contribution in [0.4, 0.5) is 56.9 Å². The molecule has 0 spiro atoms. The minimum atomic E-state index is -0.188. The molecule has 1 aromatic heterocycles. The average molecular weight is 1260 g/mol. The molecule has 4 aliphatic heterocycles. The summed E-state index contributed by atoms with van der Waals surface area (Å²) in [4.78, 5) is 11.4. The summed E-state index contributed by atoms with van der Waals surface area (Å²) < 4.78 is 2.67. The molecular weight excluding hydrogens is 1160 g/mol. The minimum Gasteiger partial charge on any atom is -0.334 e. The van der Waals surface area contributed by atoms with Crippen molar-refractivity contribution in [1.82, 2.24) is 0 Å². The molecule has 6 heteroatoms. The van der Waals surface area contributed by atoms with Crippen LogP contribution >= 0.6 is 11.3 Å². The maximum absolute atomic E-state index is 2.91. The molecule has 0 saturated heterocycles. The lowest BCUT2D eigenvalue weighted by Crippen LogP contribution is -2.62. The van der Waals surface area contributed by atoms with Gasteiger partial charge in [0.15, 0.2) is 0 Å². The van der Waals surface area contributed by atoms with E-state index in [4.69, 9.17) is 0 Å². The van der Waals surface area contributed by atoms with Crippen molar-refractivity contribution in [3.05, 3.63) is 184 Å². The number of hydrogen-bond donors (Lipinski definition) is 0. The van der Waals surface area contributed by atoms with Gasteiger partial charge in [0.25, 0.3) is 6.71 Å². The largest absolute Gasteiger partial charge is 0.334 e. The predicted molar refractivity (Wildman–Crippen MR) is 407 cm³/mol. The Balaban J connectivity index is 1.02. The Labute approximate surface area is 567 Å². The van der Waals surface area contributed by atoms with Crippen molar-refractivity contribution in [3.8, 4) is 0 Å². The maximum Gasteiger partial charge on any atom is 0.252 e. The maximum atomic E-state index is 2.91. The zero-order chi connectivity index (χ0) is 65.8. The molecule has 2 saturated carbocycles. The van der Waals surface area contributed by atoms with Gasteiger partial charge < -0.3 is 19.6 Å². The van der Waals surface area contributed by atoms with Gasteiger partial charge in [0.1, 0.15) is 0 Å². The molecule has 482 valence electrons. The molecule has 94 heavy (non-hydrogen) atoms. The lowest BCUT2D eigenvalue weighted by molar-refractivity contribution is 0.195. The first kappa shape index (κ1) is 60.9. The average Bonchev–Trinajstić information content (AvgIpc) is 1.24. The molecule has 0 N–H and O–H groups in total. The summed E-state index contributed by atoms with van der Waals surface area (Å²) in [7, 11) is 0. The Morgan fingerprint density at radius 2 is 0.840 bits per heavy atom. The topological polar surface area (TPSA) is 13.0 Å². The summed E-state index contributed by atoms with van der Waals surface area (Å²) in [6.07, 6.45) is 14.2. The summed E-state index contributed by atoms with van der Waals surface area (Å²) in [6, 6.07) is 58.3. The Kier molecular flexibility index (Phi) is 12.6. The van der Waals surface area contributed by atoms with E-state index in [1.165, 1.54) is 183 Å². The van der Waals surface area contributed by atoms with Crippen LogP contribution in [-0.4, -0.2) is 17.8 Å². The summed E-state index contributed by atoms with van der Waals surface area (Å²) in [5.41, 5.74) is 29.0. The highest BCUT2D eigenvalue weighted by Crippen LogP contribution is 2.65. The quantitative estimate of drug-likeness (QED) is 0.163. The standard InChI is InChI=1S/C88H101BN4S/c1-79(2,3)54-30-36-69-65(46-54)85(15)38-21-23-40-87(85,17)92(69)57-33-35-67-72(49-57)91(71-28-25-27-60-59-26-19-20-29-76(59)94-78(60)71)75-51-58(93-70-37-31-55(80(4,5)6)47-66(70)86(16)39-22-24-41-88(86,93)18)50-74-77(75)89(67)68-52-63-64(84(13,14)45-44-83(63,11)12)53-73(68)90(74)56-32-34-61-62(48-56)82(9,10)43-42-81(61,7)8/h19-20,25-37,46-53H,21-24,38-45H2,1-18H3. The number of fused-ring (bicyclic) bond motifs is 15. The van der Waals surface area contributed by atoms with E-state index in [0.717, 1.165) is 32.1 Å². The van der Waals surface area contributed by atoms with Crippen molar-refractivity contribution >= 4 is 111 Å². The molecular formula is C88H101BN4S. The zero-order valence-corrected chi connectivity index (χ0v) is 60.9. The Morgan fingerprint density at radius 3 is 1.44 bits per heavy atom. The molecule has 8 aromatic carbocycles. The van der Waals surface area contributed by atoms with Gasteiger partial charge in [-0.05, 0) is 225 Å². The van der Waals surface area contributed by atoms with Gasteiger partial charge in [0.2, 0.25) is 0 Å². The highest BCUT2D eigenvalue weighted by atomic mass is 32.1. The molecule has 9 aromatic rings. The van der Waals surface area contributed by atoms with E-state index < -0.39 is 0 Å². The van der Waals surface area contributed by atoms with Crippen LogP contribution in [-0.2, 0) is 43.3 Å². The normalized spacial score (nSPS) is 25.7. The third-order valence-electron chi connectivity index (χ3n) is 27.2. The highest BCUT2D eigenvalue weighted by molar-refractivity contribution is 7.26. The fraction of sp³-hybridized carbons (Fsp3) is 0.455. The minimum absolute atomic E-state index is 0.000499. The van der Waals surface area contributed by atoms with Gasteiger partial charge in [0, 0.05) is 77.5 Å². The van der Waals surface area contributed by atoms with Gasteiger partial charge >= 0.3 is 0 Å². The number of anilines is 10. The third-order valence-corrected chi connectivity index (χ3v) is 28.4. The Hall–Kier alpha value is -6.76. The van der Waals surface area contributed by atoms with Crippen LogP contribution < -0.4 is 36.0 Å².